The van der Waals surface area contributed by atoms with Gasteiger partial charge in [0.25, 0.3) is 0 Å². The Morgan fingerprint density at radius 2 is 2.08 bits per heavy atom. The Morgan fingerprint density at radius 1 is 1.38 bits per heavy atom. The second kappa shape index (κ2) is 7.12. The zero-order valence-electron chi connectivity index (χ0n) is 13.5. The summed E-state index contributed by atoms with van der Waals surface area (Å²) in [5, 5.41) is 12.5. The van der Waals surface area contributed by atoms with Crippen molar-refractivity contribution in [1.29, 1.82) is 0 Å². The van der Waals surface area contributed by atoms with Crippen molar-refractivity contribution in [3.63, 3.8) is 0 Å². The standard InChI is InChI=1S/C16H18BrN3O4/c1-16(2,3)24-15(23)20-12(14(21)22)7-11-9-5-4-6-18-13(9)10(17)8-19-11/h4-6,8,12H,7H2,1-3H3,(H,20,23)(H,21,22). The van der Waals surface area contributed by atoms with E-state index >= 15 is 0 Å². The van der Waals surface area contributed by atoms with Crippen LogP contribution in [0.15, 0.2) is 29.0 Å². The third-order valence-electron chi connectivity index (χ3n) is 3.07. The van der Waals surface area contributed by atoms with E-state index in [1.54, 1.807) is 39.2 Å². The zero-order valence-corrected chi connectivity index (χ0v) is 15.1. The average Bonchev–Trinajstić information content (AvgIpc) is 2.47. The summed E-state index contributed by atoms with van der Waals surface area (Å²) < 4.78 is 5.83. The van der Waals surface area contributed by atoms with E-state index in [1.807, 2.05) is 6.07 Å². The van der Waals surface area contributed by atoms with Crippen LogP contribution in [0.25, 0.3) is 10.9 Å². The summed E-state index contributed by atoms with van der Waals surface area (Å²) in [4.78, 5) is 31.9. The van der Waals surface area contributed by atoms with Crippen LogP contribution in [-0.2, 0) is 16.0 Å². The van der Waals surface area contributed by atoms with Crippen LogP contribution in [0.1, 0.15) is 26.5 Å². The van der Waals surface area contributed by atoms with E-state index in [1.165, 1.54) is 0 Å². The lowest BCUT2D eigenvalue weighted by Crippen LogP contribution is -2.44. The average molecular weight is 396 g/mol. The summed E-state index contributed by atoms with van der Waals surface area (Å²) in [6.07, 6.45) is 2.44. The summed E-state index contributed by atoms with van der Waals surface area (Å²) in [5.74, 6) is -1.16. The maximum Gasteiger partial charge on any atom is 0.408 e. The minimum absolute atomic E-state index is 0.0179. The van der Waals surface area contributed by atoms with E-state index in [2.05, 4.69) is 31.2 Å². The number of nitrogens with one attached hydrogen (secondary N) is 1. The normalized spacial score (nSPS) is 12.7. The number of ether oxygens (including phenoxy) is 1. The molecule has 0 aliphatic rings. The molecule has 0 aromatic carbocycles. The summed E-state index contributed by atoms with van der Waals surface area (Å²) in [5.41, 5.74) is 0.508. The molecular weight excluding hydrogens is 378 g/mol. The van der Waals surface area contributed by atoms with Crippen LogP contribution in [0.5, 0.6) is 0 Å². The van der Waals surface area contributed by atoms with E-state index < -0.39 is 23.7 Å². The third-order valence-corrected chi connectivity index (χ3v) is 3.65. The van der Waals surface area contributed by atoms with Gasteiger partial charge in [-0.15, -0.1) is 0 Å². The van der Waals surface area contributed by atoms with Gasteiger partial charge in [0.1, 0.15) is 11.6 Å². The van der Waals surface area contributed by atoms with Crippen molar-refractivity contribution in [2.75, 3.05) is 0 Å². The number of pyridine rings is 2. The van der Waals surface area contributed by atoms with E-state index in [9.17, 15) is 14.7 Å². The molecule has 0 radical (unpaired) electrons. The molecule has 0 saturated heterocycles. The van der Waals surface area contributed by atoms with Crippen LogP contribution in [0.2, 0.25) is 0 Å². The van der Waals surface area contributed by atoms with Crippen molar-refractivity contribution in [2.24, 2.45) is 0 Å². The van der Waals surface area contributed by atoms with Crippen LogP contribution < -0.4 is 5.32 Å². The quantitative estimate of drug-likeness (QED) is 0.824. The first-order valence-electron chi connectivity index (χ1n) is 7.28. The van der Waals surface area contributed by atoms with Crippen molar-refractivity contribution < 1.29 is 19.4 Å². The molecule has 1 amide bonds. The lowest BCUT2D eigenvalue weighted by molar-refractivity contribution is -0.139. The Labute approximate surface area is 147 Å². The highest BCUT2D eigenvalue weighted by Crippen LogP contribution is 2.23. The molecule has 0 aliphatic carbocycles. The van der Waals surface area contributed by atoms with Gasteiger partial charge < -0.3 is 15.2 Å². The first-order valence-corrected chi connectivity index (χ1v) is 8.07. The summed E-state index contributed by atoms with van der Waals surface area (Å²) in [6, 6.07) is 2.40. The number of halogens is 1. The largest absolute Gasteiger partial charge is 0.480 e. The first-order chi connectivity index (χ1) is 11.2. The van der Waals surface area contributed by atoms with E-state index in [4.69, 9.17) is 4.74 Å². The molecule has 2 rings (SSSR count). The molecule has 0 fully saturated rings. The number of hydrogen-bond donors (Lipinski definition) is 2. The number of aromatic nitrogens is 2. The highest BCUT2D eigenvalue weighted by Gasteiger charge is 2.25. The number of carboxylic acid groups (broad SMARTS) is 1. The van der Waals surface area contributed by atoms with Crippen LogP contribution >= 0.6 is 15.9 Å². The number of alkyl carbamates (subject to hydrolysis) is 1. The number of fused-ring (bicyclic) bond motifs is 1. The molecule has 2 aromatic heterocycles. The lowest BCUT2D eigenvalue weighted by atomic mass is 10.1. The molecule has 0 saturated carbocycles. The molecule has 8 heteroatoms. The zero-order chi connectivity index (χ0) is 17.9. The van der Waals surface area contributed by atoms with Crippen molar-refractivity contribution in [2.45, 2.75) is 38.8 Å². The number of carbonyl (C=O) groups excluding carboxylic acids is 1. The van der Waals surface area contributed by atoms with Gasteiger partial charge in [-0.05, 0) is 48.8 Å². The van der Waals surface area contributed by atoms with Gasteiger partial charge in [-0.25, -0.2) is 9.59 Å². The van der Waals surface area contributed by atoms with Crippen molar-refractivity contribution in [1.82, 2.24) is 15.3 Å². The maximum atomic E-state index is 11.8. The van der Waals surface area contributed by atoms with Crippen molar-refractivity contribution in [3.8, 4) is 0 Å². The number of hydrogen-bond acceptors (Lipinski definition) is 5. The molecule has 1 atom stereocenters. The second-order valence-electron chi connectivity index (χ2n) is 6.19. The van der Waals surface area contributed by atoms with E-state index in [-0.39, 0.29) is 6.42 Å². The van der Waals surface area contributed by atoms with Gasteiger partial charge in [0, 0.05) is 24.2 Å². The van der Waals surface area contributed by atoms with Crippen molar-refractivity contribution in [3.05, 3.63) is 34.7 Å². The number of amides is 1. The van der Waals surface area contributed by atoms with Gasteiger partial charge in [-0.3, -0.25) is 9.97 Å². The highest BCUT2D eigenvalue weighted by atomic mass is 79.9. The Bertz CT molecular complexity index is 773. The molecule has 7 nitrogen and oxygen atoms in total. The Hall–Kier alpha value is -2.22. The highest BCUT2D eigenvalue weighted by molar-refractivity contribution is 9.10. The Morgan fingerprint density at radius 3 is 2.71 bits per heavy atom. The van der Waals surface area contributed by atoms with Crippen LogP contribution in [-0.4, -0.2) is 38.8 Å². The number of carbonyl (C=O) groups is 2. The van der Waals surface area contributed by atoms with Crippen LogP contribution in [0, 0.1) is 0 Å². The molecule has 0 spiro atoms. The van der Waals surface area contributed by atoms with Crippen molar-refractivity contribution >= 4 is 38.9 Å². The van der Waals surface area contributed by atoms with Gasteiger partial charge in [-0.2, -0.15) is 0 Å². The smallest absolute Gasteiger partial charge is 0.408 e. The van der Waals surface area contributed by atoms with Gasteiger partial charge in [0.05, 0.1) is 15.7 Å². The molecule has 128 valence electrons. The van der Waals surface area contributed by atoms with Crippen LogP contribution in [0.4, 0.5) is 4.79 Å². The molecular formula is C16H18BrN3O4. The monoisotopic (exact) mass is 395 g/mol. The molecule has 2 aromatic rings. The summed E-state index contributed by atoms with van der Waals surface area (Å²) in [7, 11) is 0. The molecule has 24 heavy (non-hydrogen) atoms. The molecule has 0 aliphatic heterocycles. The maximum absolute atomic E-state index is 11.8. The van der Waals surface area contributed by atoms with Gasteiger partial charge in [0.2, 0.25) is 0 Å². The predicted molar refractivity (Wildman–Crippen MR) is 91.7 cm³/mol. The fourth-order valence-corrected chi connectivity index (χ4v) is 2.52. The van der Waals surface area contributed by atoms with Gasteiger partial charge in [-0.1, -0.05) is 0 Å². The van der Waals surface area contributed by atoms with Crippen LogP contribution in [0.3, 0.4) is 0 Å². The summed E-state index contributed by atoms with van der Waals surface area (Å²) >= 11 is 3.37. The fraction of sp³-hybridized carbons (Fsp3) is 0.375. The fourth-order valence-electron chi connectivity index (χ4n) is 2.10. The molecule has 1 unspecified atom stereocenters. The Kier molecular flexibility index (Phi) is 5.38. The lowest BCUT2D eigenvalue weighted by Gasteiger charge is -2.22. The topological polar surface area (TPSA) is 101 Å². The van der Waals surface area contributed by atoms with E-state index in [0.717, 1.165) is 5.39 Å². The summed E-state index contributed by atoms with van der Waals surface area (Å²) in [6.45, 7) is 5.12. The van der Waals surface area contributed by atoms with Gasteiger partial charge in [0.15, 0.2) is 0 Å². The van der Waals surface area contributed by atoms with Gasteiger partial charge >= 0.3 is 12.1 Å². The minimum atomic E-state index is -1.16. The number of carboxylic acids is 1. The number of rotatable bonds is 4. The second-order valence-corrected chi connectivity index (χ2v) is 7.05. The number of nitrogens with zero attached hydrogens (tertiary/aromatic N) is 2. The molecule has 2 heterocycles. The minimum Gasteiger partial charge on any atom is -0.480 e. The SMILES string of the molecule is CC(C)(C)OC(=O)NC(Cc1ncc(Br)c2ncccc12)C(=O)O. The molecule has 0 bridgehead atoms. The Balaban J connectivity index is 2.24. The third kappa shape index (κ3) is 4.64. The number of aliphatic carboxylic acids is 1. The molecule has 2 N–H and O–H groups in total. The van der Waals surface area contributed by atoms with E-state index in [0.29, 0.717) is 15.7 Å². The predicted octanol–water partition coefficient (Wildman–Crippen LogP) is 2.91. The first kappa shape index (κ1) is 18.1.